The molecule has 3 nitrogen and oxygen atoms in total. The van der Waals surface area contributed by atoms with Gasteiger partial charge in [0.05, 0.1) is 0 Å². The smallest absolute Gasteiger partial charge is 0.231 e. The first kappa shape index (κ1) is 12.6. The molecule has 0 radical (unpaired) electrons. The van der Waals surface area contributed by atoms with Crippen molar-refractivity contribution in [3.05, 3.63) is 71.8 Å². The Hall–Kier alpha value is -2.42. The molecule has 2 unspecified atom stereocenters. The summed E-state index contributed by atoms with van der Waals surface area (Å²) in [6.07, 6.45) is 0. The van der Waals surface area contributed by atoms with E-state index >= 15 is 0 Å². The topological polar surface area (TPSA) is 46.2 Å². The zero-order valence-corrected chi connectivity index (χ0v) is 11.0. The standard InChI is InChI=1S/C17H15NO2/c19-16(13-9-5-2-6-10-13)15-14(11-18-17(15)20)12-7-3-1-4-8-12/h1-10,14-15H,11H2,(H,18,20). The Morgan fingerprint density at radius 2 is 1.55 bits per heavy atom. The van der Waals surface area contributed by atoms with Gasteiger partial charge in [-0.3, -0.25) is 9.59 Å². The molecule has 1 fully saturated rings. The lowest BCUT2D eigenvalue weighted by atomic mass is 9.83. The van der Waals surface area contributed by atoms with Crippen LogP contribution in [-0.2, 0) is 4.79 Å². The summed E-state index contributed by atoms with van der Waals surface area (Å²) in [5.74, 6) is -0.988. The lowest BCUT2D eigenvalue weighted by molar-refractivity contribution is -0.121. The number of carbonyl (C=O) groups is 2. The molecule has 20 heavy (non-hydrogen) atoms. The molecule has 1 saturated heterocycles. The third-order valence-corrected chi connectivity index (χ3v) is 3.75. The molecule has 3 heteroatoms. The van der Waals surface area contributed by atoms with Gasteiger partial charge in [-0.05, 0) is 5.56 Å². The van der Waals surface area contributed by atoms with E-state index in [4.69, 9.17) is 0 Å². The van der Waals surface area contributed by atoms with Gasteiger partial charge in [0, 0.05) is 18.0 Å². The molecule has 0 aromatic heterocycles. The minimum absolute atomic E-state index is 0.0867. The zero-order valence-electron chi connectivity index (χ0n) is 11.0. The van der Waals surface area contributed by atoms with Gasteiger partial charge in [0.2, 0.25) is 5.91 Å². The van der Waals surface area contributed by atoms with E-state index in [9.17, 15) is 9.59 Å². The SMILES string of the molecule is O=C1NCC(c2ccccc2)C1C(=O)c1ccccc1. The van der Waals surface area contributed by atoms with E-state index < -0.39 is 5.92 Å². The summed E-state index contributed by atoms with van der Waals surface area (Å²) in [5, 5.41) is 2.81. The second kappa shape index (κ2) is 5.29. The fraction of sp³-hybridized carbons (Fsp3) is 0.176. The van der Waals surface area contributed by atoms with Crippen LogP contribution in [0.1, 0.15) is 21.8 Å². The van der Waals surface area contributed by atoms with Crippen LogP contribution in [0.4, 0.5) is 0 Å². The van der Waals surface area contributed by atoms with Gasteiger partial charge in [-0.1, -0.05) is 60.7 Å². The summed E-state index contributed by atoms with van der Waals surface area (Å²) in [5.41, 5.74) is 1.62. The molecule has 2 aromatic rings. The van der Waals surface area contributed by atoms with Gasteiger partial charge >= 0.3 is 0 Å². The molecule has 1 N–H and O–H groups in total. The third kappa shape index (κ3) is 2.23. The fourth-order valence-corrected chi connectivity index (χ4v) is 2.72. The van der Waals surface area contributed by atoms with Crippen molar-refractivity contribution < 1.29 is 9.59 Å². The van der Waals surface area contributed by atoms with Crippen LogP contribution < -0.4 is 5.32 Å². The van der Waals surface area contributed by atoms with Crippen molar-refractivity contribution in [1.82, 2.24) is 5.32 Å². The fourth-order valence-electron chi connectivity index (χ4n) is 2.72. The lowest BCUT2D eigenvalue weighted by Gasteiger charge is -2.16. The first-order chi connectivity index (χ1) is 9.77. The van der Waals surface area contributed by atoms with Gasteiger partial charge < -0.3 is 5.32 Å². The number of ketones is 1. The predicted molar refractivity (Wildman–Crippen MR) is 76.5 cm³/mol. The number of carbonyl (C=O) groups excluding carboxylic acids is 2. The largest absolute Gasteiger partial charge is 0.355 e. The van der Waals surface area contributed by atoms with Crippen LogP contribution >= 0.6 is 0 Å². The molecule has 100 valence electrons. The van der Waals surface area contributed by atoms with Crippen LogP contribution in [0.2, 0.25) is 0 Å². The third-order valence-electron chi connectivity index (χ3n) is 3.75. The second-order valence-electron chi connectivity index (χ2n) is 4.97. The van der Waals surface area contributed by atoms with Crippen molar-refractivity contribution in [2.45, 2.75) is 5.92 Å². The molecular formula is C17H15NO2. The van der Waals surface area contributed by atoms with E-state index in [1.807, 2.05) is 48.5 Å². The van der Waals surface area contributed by atoms with Crippen LogP contribution in [0.3, 0.4) is 0 Å². The van der Waals surface area contributed by atoms with E-state index in [1.165, 1.54) is 0 Å². The monoisotopic (exact) mass is 265 g/mol. The highest BCUT2D eigenvalue weighted by molar-refractivity contribution is 6.11. The number of nitrogens with one attached hydrogen (secondary N) is 1. The molecule has 0 bridgehead atoms. The molecule has 3 rings (SSSR count). The van der Waals surface area contributed by atoms with Gasteiger partial charge in [0.1, 0.15) is 5.92 Å². The first-order valence-corrected chi connectivity index (χ1v) is 6.69. The number of benzene rings is 2. The maximum Gasteiger partial charge on any atom is 0.231 e. The maximum absolute atomic E-state index is 12.6. The minimum Gasteiger partial charge on any atom is -0.355 e. The van der Waals surface area contributed by atoms with Crippen molar-refractivity contribution in [2.24, 2.45) is 5.92 Å². The molecule has 2 atom stereocenters. The molecule has 0 spiro atoms. The quantitative estimate of drug-likeness (QED) is 0.684. The van der Waals surface area contributed by atoms with E-state index in [2.05, 4.69) is 5.32 Å². The number of rotatable bonds is 3. The predicted octanol–water partition coefficient (Wildman–Crippen LogP) is 2.40. The summed E-state index contributed by atoms with van der Waals surface area (Å²) < 4.78 is 0. The van der Waals surface area contributed by atoms with E-state index in [0.29, 0.717) is 12.1 Å². The Balaban J connectivity index is 1.94. The summed E-state index contributed by atoms with van der Waals surface area (Å²) in [6, 6.07) is 18.7. The van der Waals surface area contributed by atoms with Crippen LogP contribution in [0.25, 0.3) is 0 Å². The molecule has 1 aliphatic heterocycles. The highest BCUT2D eigenvalue weighted by Crippen LogP contribution is 2.31. The summed E-state index contributed by atoms with van der Waals surface area (Å²) >= 11 is 0. The number of amides is 1. The molecule has 1 aliphatic rings. The molecule has 0 aliphatic carbocycles. The average Bonchev–Trinajstić information content (AvgIpc) is 2.90. The highest BCUT2D eigenvalue weighted by Gasteiger charge is 2.40. The number of Topliss-reactive ketones (excluding diaryl/α,β-unsaturated/α-hetero) is 1. The number of hydrogen-bond acceptors (Lipinski definition) is 2. The van der Waals surface area contributed by atoms with Crippen LogP contribution in [-0.4, -0.2) is 18.2 Å². The Bertz CT molecular complexity index is 622. The maximum atomic E-state index is 12.6. The Morgan fingerprint density at radius 3 is 2.20 bits per heavy atom. The lowest BCUT2D eigenvalue weighted by Crippen LogP contribution is -2.27. The first-order valence-electron chi connectivity index (χ1n) is 6.69. The second-order valence-corrected chi connectivity index (χ2v) is 4.97. The van der Waals surface area contributed by atoms with Gasteiger partial charge in [0.25, 0.3) is 0 Å². The minimum atomic E-state index is -0.625. The van der Waals surface area contributed by atoms with Crippen molar-refractivity contribution in [2.75, 3.05) is 6.54 Å². The molecular weight excluding hydrogens is 250 g/mol. The van der Waals surface area contributed by atoms with Crippen molar-refractivity contribution in [1.29, 1.82) is 0 Å². The average molecular weight is 265 g/mol. The zero-order chi connectivity index (χ0) is 13.9. The van der Waals surface area contributed by atoms with Crippen molar-refractivity contribution >= 4 is 11.7 Å². The van der Waals surface area contributed by atoms with Gasteiger partial charge in [-0.25, -0.2) is 0 Å². The molecule has 0 saturated carbocycles. The van der Waals surface area contributed by atoms with Crippen LogP contribution in [0.5, 0.6) is 0 Å². The normalized spacial score (nSPS) is 21.5. The van der Waals surface area contributed by atoms with Gasteiger partial charge in [-0.15, -0.1) is 0 Å². The van der Waals surface area contributed by atoms with Gasteiger partial charge in [-0.2, -0.15) is 0 Å². The molecule has 2 aromatic carbocycles. The highest BCUT2D eigenvalue weighted by atomic mass is 16.2. The van der Waals surface area contributed by atoms with E-state index in [-0.39, 0.29) is 17.6 Å². The van der Waals surface area contributed by atoms with Crippen molar-refractivity contribution in [3.63, 3.8) is 0 Å². The Kier molecular flexibility index (Phi) is 3.33. The van der Waals surface area contributed by atoms with E-state index in [0.717, 1.165) is 5.56 Å². The summed E-state index contributed by atoms with van der Waals surface area (Å²) in [7, 11) is 0. The van der Waals surface area contributed by atoms with Crippen LogP contribution in [0.15, 0.2) is 60.7 Å². The molecule has 1 heterocycles. The van der Waals surface area contributed by atoms with Crippen LogP contribution in [0, 0.1) is 5.92 Å². The van der Waals surface area contributed by atoms with Crippen molar-refractivity contribution in [3.8, 4) is 0 Å². The van der Waals surface area contributed by atoms with E-state index in [1.54, 1.807) is 12.1 Å². The van der Waals surface area contributed by atoms with Gasteiger partial charge in [0.15, 0.2) is 5.78 Å². The Labute approximate surface area is 117 Å². The summed E-state index contributed by atoms with van der Waals surface area (Å²) in [4.78, 5) is 24.6. The molecule has 1 amide bonds. The Morgan fingerprint density at radius 1 is 0.950 bits per heavy atom. The number of hydrogen-bond donors (Lipinski definition) is 1. The summed E-state index contributed by atoms with van der Waals surface area (Å²) in [6.45, 7) is 0.520.